The highest BCUT2D eigenvalue weighted by atomic mass is 35.5. The van der Waals surface area contributed by atoms with Gasteiger partial charge in [0.15, 0.2) is 4.34 Å². The van der Waals surface area contributed by atoms with Gasteiger partial charge in [0.1, 0.15) is 5.58 Å². The van der Waals surface area contributed by atoms with Gasteiger partial charge in [0, 0.05) is 46.6 Å². The van der Waals surface area contributed by atoms with Crippen LogP contribution in [-0.2, 0) is 10.5 Å². The van der Waals surface area contributed by atoms with E-state index in [1.807, 2.05) is 31.2 Å². The molecule has 2 aromatic carbocycles. The number of hydrogen-bond donors (Lipinski definition) is 2. The number of nitrogens with one attached hydrogen (secondary N) is 2. The minimum atomic E-state index is -0.445. The predicted octanol–water partition coefficient (Wildman–Crippen LogP) is 5.60. The Balaban J connectivity index is 1.49. The number of carbonyl (C=O) groups is 1. The third kappa shape index (κ3) is 5.25. The second-order valence-electron chi connectivity index (χ2n) is 6.73. The van der Waals surface area contributed by atoms with Crippen molar-refractivity contribution in [2.45, 2.75) is 23.9 Å². The number of thioether (sulfide) groups is 1. The number of aryl methyl sites for hydroxylation is 1. The summed E-state index contributed by atoms with van der Waals surface area (Å²) in [5, 5.41) is 16.4. The zero-order chi connectivity index (χ0) is 22.0. The van der Waals surface area contributed by atoms with Gasteiger partial charge in [-0.15, -0.1) is 10.2 Å². The number of hydrogen-bond acceptors (Lipinski definition) is 8. The van der Waals surface area contributed by atoms with Crippen molar-refractivity contribution in [2.24, 2.45) is 0 Å². The fraction of sp³-hybridized carbons (Fsp3) is 0.143. The molecule has 0 aliphatic rings. The summed E-state index contributed by atoms with van der Waals surface area (Å²) in [7, 11) is 0. The van der Waals surface area contributed by atoms with Crippen LogP contribution in [0.15, 0.2) is 56.0 Å². The van der Waals surface area contributed by atoms with E-state index < -0.39 is 5.63 Å². The quantitative estimate of drug-likeness (QED) is 0.278. The second kappa shape index (κ2) is 9.09. The number of fused-ring (bicyclic) bond motifs is 1. The molecule has 7 nitrogen and oxygen atoms in total. The lowest BCUT2D eigenvalue weighted by Gasteiger charge is -2.07. The Morgan fingerprint density at radius 3 is 2.74 bits per heavy atom. The van der Waals surface area contributed by atoms with Crippen LogP contribution in [0.5, 0.6) is 0 Å². The standard InChI is InChI=1S/C21H17ClN4O3S2/c1-11-3-4-14(8-17(11)22)24-20-25-26-21(31-20)30-10-13-7-19(28)29-18-9-15(23-12(2)27)5-6-16(13)18/h3-9H,10H2,1-2H3,(H,23,27)(H,24,25). The molecule has 0 radical (unpaired) electrons. The third-order valence-electron chi connectivity index (χ3n) is 4.33. The molecule has 158 valence electrons. The molecule has 2 heterocycles. The largest absolute Gasteiger partial charge is 0.423 e. The average molecular weight is 473 g/mol. The molecule has 0 atom stereocenters. The van der Waals surface area contributed by atoms with Gasteiger partial charge in [-0.25, -0.2) is 4.79 Å². The van der Waals surface area contributed by atoms with Crippen molar-refractivity contribution in [3.63, 3.8) is 0 Å². The van der Waals surface area contributed by atoms with E-state index >= 15 is 0 Å². The van der Waals surface area contributed by atoms with Crippen molar-refractivity contribution in [1.29, 1.82) is 0 Å². The molecule has 0 spiro atoms. The van der Waals surface area contributed by atoms with Crippen LogP contribution in [0, 0.1) is 6.92 Å². The summed E-state index contributed by atoms with van der Waals surface area (Å²) in [6.07, 6.45) is 0. The van der Waals surface area contributed by atoms with Gasteiger partial charge in [-0.1, -0.05) is 40.8 Å². The highest BCUT2D eigenvalue weighted by Crippen LogP contribution is 2.32. The van der Waals surface area contributed by atoms with Gasteiger partial charge in [-0.3, -0.25) is 4.79 Å². The summed E-state index contributed by atoms with van der Waals surface area (Å²) in [6.45, 7) is 3.37. The Hall–Kier alpha value is -2.88. The molecule has 2 aromatic heterocycles. The van der Waals surface area contributed by atoms with Crippen molar-refractivity contribution in [3.05, 3.63) is 69.0 Å². The summed E-state index contributed by atoms with van der Waals surface area (Å²) in [5.74, 6) is 0.328. The van der Waals surface area contributed by atoms with Crippen molar-refractivity contribution in [3.8, 4) is 0 Å². The van der Waals surface area contributed by atoms with E-state index in [1.165, 1.54) is 36.1 Å². The molecule has 0 unspecified atom stereocenters. The Bertz CT molecular complexity index is 1340. The van der Waals surface area contributed by atoms with Gasteiger partial charge in [0.05, 0.1) is 0 Å². The maximum Gasteiger partial charge on any atom is 0.336 e. The topological polar surface area (TPSA) is 97.1 Å². The van der Waals surface area contributed by atoms with Gasteiger partial charge in [0.25, 0.3) is 0 Å². The number of carbonyl (C=O) groups excluding carboxylic acids is 1. The van der Waals surface area contributed by atoms with Gasteiger partial charge < -0.3 is 15.1 Å². The highest BCUT2D eigenvalue weighted by molar-refractivity contribution is 8.00. The first-order valence-electron chi connectivity index (χ1n) is 9.21. The molecule has 0 saturated carbocycles. The molecule has 0 fully saturated rings. The molecular weight excluding hydrogens is 456 g/mol. The van der Waals surface area contributed by atoms with Crippen molar-refractivity contribution >= 4 is 68.1 Å². The zero-order valence-corrected chi connectivity index (χ0v) is 19.0. The molecule has 1 amide bonds. The van der Waals surface area contributed by atoms with Crippen LogP contribution >= 0.6 is 34.7 Å². The summed E-state index contributed by atoms with van der Waals surface area (Å²) >= 11 is 9.06. The molecule has 2 N–H and O–H groups in total. The van der Waals surface area contributed by atoms with Crippen LogP contribution in [0.2, 0.25) is 5.02 Å². The number of anilines is 3. The Morgan fingerprint density at radius 1 is 1.16 bits per heavy atom. The number of benzene rings is 2. The summed E-state index contributed by atoms with van der Waals surface area (Å²) in [4.78, 5) is 23.3. The molecule has 0 aliphatic heterocycles. The third-order valence-corrected chi connectivity index (χ3v) is 6.76. The fourth-order valence-electron chi connectivity index (χ4n) is 2.88. The van der Waals surface area contributed by atoms with E-state index in [4.69, 9.17) is 16.0 Å². The van der Waals surface area contributed by atoms with E-state index in [2.05, 4.69) is 20.8 Å². The predicted molar refractivity (Wildman–Crippen MR) is 126 cm³/mol. The molecule has 31 heavy (non-hydrogen) atoms. The maximum absolute atomic E-state index is 12.0. The number of amides is 1. The van der Waals surface area contributed by atoms with Gasteiger partial charge in [0.2, 0.25) is 11.0 Å². The van der Waals surface area contributed by atoms with Crippen molar-refractivity contribution in [1.82, 2.24) is 10.2 Å². The molecule has 4 aromatic rings. The smallest absolute Gasteiger partial charge is 0.336 e. The molecule has 0 aliphatic carbocycles. The number of aromatic nitrogens is 2. The van der Waals surface area contributed by atoms with Gasteiger partial charge >= 0.3 is 5.63 Å². The molecule has 0 bridgehead atoms. The molecule has 4 rings (SSSR count). The van der Waals surface area contributed by atoms with Crippen LogP contribution < -0.4 is 16.3 Å². The maximum atomic E-state index is 12.0. The fourth-order valence-corrected chi connectivity index (χ4v) is 4.83. The normalized spacial score (nSPS) is 10.9. The molecule has 0 saturated heterocycles. The Labute approximate surface area is 190 Å². The summed E-state index contributed by atoms with van der Waals surface area (Å²) < 4.78 is 6.06. The van der Waals surface area contributed by atoms with Crippen LogP contribution in [0.1, 0.15) is 18.1 Å². The van der Waals surface area contributed by atoms with Crippen molar-refractivity contribution < 1.29 is 9.21 Å². The van der Waals surface area contributed by atoms with Crippen LogP contribution in [0.4, 0.5) is 16.5 Å². The lowest BCUT2D eigenvalue weighted by atomic mass is 10.1. The van der Waals surface area contributed by atoms with E-state index in [1.54, 1.807) is 12.1 Å². The SMILES string of the molecule is CC(=O)Nc1ccc2c(CSc3nnc(Nc4ccc(C)c(Cl)c4)s3)cc(=O)oc2c1. The van der Waals surface area contributed by atoms with Gasteiger partial charge in [-0.2, -0.15) is 0 Å². The first-order chi connectivity index (χ1) is 14.9. The minimum absolute atomic E-state index is 0.193. The van der Waals surface area contributed by atoms with Crippen molar-refractivity contribution in [2.75, 3.05) is 10.6 Å². The van der Waals surface area contributed by atoms with E-state index in [0.29, 0.717) is 27.2 Å². The van der Waals surface area contributed by atoms with E-state index in [-0.39, 0.29) is 5.91 Å². The highest BCUT2D eigenvalue weighted by Gasteiger charge is 2.11. The Kier molecular flexibility index (Phi) is 6.26. The average Bonchev–Trinajstić information content (AvgIpc) is 3.15. The number of nitrogens with zero attached hydrogens (tertiary/aromatic N) is 2. The summed E-state index contributed by atoms with van der Waals surface area (Å²) in [5.41, 5.74) is 3.21. The lowest BCUT2D eigenvalue weighted by Crippen LogP contribution is -2.06. The van der Waals surface area contributed by atoms with Crippen LogP contribution in [0.3, 0.4) is 0 Å². The lowest BCUT2D eigenvalue weighted by molar-refractivity contribution is -0.114. The van der Waals surface area contributed by atoms with E-state index in [0.717, 1.165) is 26.5 Å². The van der Waals surface area contributed by atoms with E-state index in [9.17, 15) is 9.59 Å². The molecule has 10 heteroatoms. The zero-order valence-electron chi connectivity index (χ0n) is 16.6. The minimum Gasteiger partial charge on any atom is -0.423 e. The van der Waals surface area contributed by atoms with Crippen LogP contribution in [-0.4, -0.2) is 16.1 Å². The van der Waals surface area contributed by atoms with Crippen LogP contribution in [0.25, 0.3) is 11.0 Å². The Morgan fingerprint density at radius 2 is 1.97 bits per heavy atom. The number of halogens is 1. The first-order valence-corrected chi connectivity index (χ1v) is 11.4. The summed E-state index contributed by atoms with van der Waals surface area (Å²) in [6, 6.07) is 12.4. The first kappa shape index (κ1) is 21.4. The number of rotatable bonds is 6. The van der Waals surface area contributed by atoms with Gasteiger partial charge in [-0.05, 0) is 42.3 Å². The molecular formula is C21H17ClN4O3S2. The second-order valence-corrected chi connectivity index (χ2v) is 9.34. The monoisotopic (exact) mass is 472 g/mol.